The number of hydrogen-bond acceptors (Lipinski definition) is 7. The molecule has 25 heavy (non-hydrogen) atoms. The SMILES string of the molecule is COC(=O)CNC(=O)c1ccc(N2CCC[C@@H]2C(=O)O)c([N+](=O)[O-])c1. The van der Waals surface area contributed by atoms with Crippen molar-refractivity contribution in [2.24, 2.45) is 0 Å². The van der Waals surface area contributed by atoms with Gasteiger partial charge < -0.3 is 20.1 Å². The van der Waals surface area contributed by atoms with Crippen molar-refractivity contribution in [3.8, 4) is 0 Å². The van der Waals surface area contributed by atoms with Crippen molar-refractivity contribution < 1.29 is 29.2 Å². The van der Waals surface area contributed by atoms with Gasteiger partial charge in [-0.25, -0.2) is 4.79 Å². The van der Waals surface area contributed by atoms with E-state index in [9.17, 15) is 29.6 Å². The Morgan fingerprint density at radius 1 is 1.44 bits per heavy atom. The topological polar surface area (TPSA) is 139 Å². The summed E-state index contributed by atoms with van der Waals surface area (Å²) in [5, 5.41) is 22.9. The van der Waals surface area contributed by atoms with Crippen LogP contribution >= 0.6 is 0 Å². The fourth-order valence-electron chi connectivity index (χ4n) is 2.69. The number of amides is 1. The standard InChI is InChI=1S/C15H17N3O7/c1-25-13(19)8-16-14(20)9-4-5-10(12(7-9)18(23)24)17-6-2-3-11(17)15(21)22/h4-5,7,11H,2-3,6,8H2,1H3,(H,16,20)(H,21,22)/t11-/m1/s1. The van der Waals surface area contributed by atoms with Gasteiger partial charge in [-0.1, -0.05) is 0 Å². The zero-order valence-corrected chi connectivity index (χ0v) is 13.4. The first kappa shape index (κ1) is 18.2. The first-order chi connectivity index (χ1) is 11.8. The summed E-state index contributed by atoms with van der Waals surface area (Å²) in [4.78, 5) is 46.5. The van der Waals surface area contributed by atoms with E-state index in [0.29, 0.717) is 19.4 Å². The average molecular weight is 351 g/mol. The van der Waals surface area contributed by atoms with Gasteiger partial charge in [0.1, 0.15) is 18.3 Å². The van der Waals surface area contributed by atoms with Crippen molar-refractivity contribution in [1.29, 1.82) is 0 Å². The summed E-state index contributed by atoms with van der Waals surface area (Å²) in [5.41, 5.74) is -0.219. The molecule has 1 aliphatic rings. The van der Waals surface area contributed by atoms with Crippen LogP contribution in [0.3, 0.4) is 0 Å². The number of anilines is 1. The van der Waals surface area contributed by atoms with Crippen LogP contribution in [0.4, 0.5) is 11.4 Å². The van der Waals surface area contributed by atoms with Gasteiger partial charge in [-0.2, -0.15) is 0 Å². The molecule has 134 valence electrons. The molecule has 0 bridgehead atoms. The molecule has 1 atom stereocenters. The lowest BCUT2D eigenvalue weighted by Crippen LogP contribution is -2.36. The van der Waals surface area contributed by atoms with Crippen molar-refractivity contribution in [2.45, 2.75) is 18.9 Å². The van der Waals surface area contributed by atoms with E-state index in [1.54, 1.807) is 0 Å². The van der Waals surface area contributed by atoms with Gasteiger partial charge in [-0.15, -0.1) is 0 Å². The maximum atomic E-state index is 12.0. The Bertz CT molecular complexity index is 719. The van der Waals surface area contributed by atoms with Gasteiger partial charge >= 0.3 is 11.9 Å². The number of nitrogens with zero attached hydrogens (tertiary/aromatic N) is 2. The summed E-state index contributed by atoms with van der Waals surface area (Å²) in [5.74, 6) is -2.37. The predicted molar refractivity (Wildman–Crippen MR) is 85.4 cm³/mol. The Hall–Kier alpha value is -3.17. The number of nitrogens with one attached hydrogen (secondary N) is 1. The highest BCUT2D eigenvalue weighted by atomic mass is 16.6. The molecule has 0 unspecified atom stereocenters. The number of methoxy groups -OCH3 is 1. The van der Waals surface area contributed by atoms with E-state index < -0.39 is 28.8 Å². The van der Waals surface area contributed by atoms with Crippen LogP contribution in [0.1, 0.15) is 23.2 Å². The number of ether oxygens (including phenoxy) is 1. The first-order valence-electron chi connectivity index (χ1n) is 7.48. The molecule has 1 aromatic carbocycles. The molecule has 1 saturated heterocycles. The number of esters is 1. The van der Waals surface area contributed by atoms with Crippen molar-refractivity contribution in [3.63, 3.8) is 0 Å². The molecule has 1 amide bonds. The van der Waals surface area contributed by atoms with E-state index in [2.05, 4.69) is 10.1 Å². The van der Waals surface area contributed by atoms with Crippen molar-refractivity contribution in [1.82, 2.24) is 5.32 Å². The van der Waals surface area contributed by atoms with Gasteiger partial charge in [0.15, 0.2) is 0 Å². The maximum absolute atomic E-state index is 12.0. The van der Waals surface area contributed by atoms with Gasteiger partial charge in [0.2, 0.25) is 0 Å². The van der Waals surface area contributed by atoms with Crippen LogP contribution < -0.4 is 10.2 Å². The number of aliphatic carboxylic acids is 1. The zero-order valence-electron chi connectivity index (χ0n) is 13.4. The molecular weight excluding hydrogens is 334 g/mol. The minimum Gasteiger partial charge on any atom is -0.480 e. The predicted octanol–water partition coefficient (Wildman–Crippen LogP) is 0.551. The summed E-state index contributed by atoms with van der Waals surface area (Å²) in [6.45, 7) is 0.0176. The first-order valence-corrected chi connectivity index (χ1v) is 7.48. The number of nitro benzene ring substituents is 1. The molecule has 10 heteroatoms. The molecule has 0 aromatic heterocycles. The Labute approximate surface area is 142 Å². The fourth-order valence-corrected chi connectivity index (χ4v) is 2.69. The second-order valence-corrected chi connectivity index (χ2v) is 5.41. The number of benzene rings is 1. The van der Waals surface area contributed by atoms with Gasteiger partial charge in [-0.3, -0.25) is 19.7 Å². The smallest absolute Gasteiger partial charge is 0.326 e. The molecular formula is C15H17N3O7. The second-order valence-electron chi connectivity index (χ2n) is 5.41. The summed E-state index contributed by atoms with van der Waals surface area (Å²) in [6.07, 6.45) is 1.00. The van der Waals surface area contributed by atoms with Crippen molar-refractivity contribution >= 4 is 29.2 Å². The molecule has 0 radical (unpaired) electrons. The van der Waals surface area contributed by atoms with Gasteiger partial charge in [0.05, 0.1) is 12.0 Å². The third kappa shape index (κ3) is 4.03. The minimum atomic E-state index is -1.05. The summed E-state index contributed by atoms with van der Waals surface area (Å²) in [6, 6.07) is 2.94. The molecule has 0 spiro atoms. The molecule has 1 fully saturated rings. The lowest BCUT2D eigenvalue weighted by atomic mass is 10.1. The Balaban J connectivity index is 2.29. The third-order valence-electron chi connectivity index (χ3n) is 3.90. The molecule has 1 aromatic rings. The second kappa shape index (κ2) is 7.60. The number of rotatable bonds is 6. The third-order valence-corrected chi connectivity index (χ3v) is 3.90. The van der Waals surface area contributed by atoms with E-state index in [1.165, 1.54) is 24.1 Å². The Kier molecular flexibility index (Phi) is 5.52. The molecule has 0 saturated carbocycles. The fraction of sp³-hybridized carbons (Fsp3) is 0.400. The van der Waals surface area contributed by atoms with E-state index in [1.807, 2.05) is 0 Å². The highest BCUT2D eigenvalue weighted by molar-refractivity contribution is 5.97. The normalized spacial score (nSPS) is 16.4. The summed E-state index contributed by atoms with van der Waals surface area (Å²) >= 11 is 0. The number of carboxylic acid groups (broad SMARTS) is 1. The van der Waals surface area contributed by atoms with Crippen LogP contribution in [0.15, 0.2) is 18.2 Å². The molecule has 1 heterocycles. The summed E-state index contributed by atoms with van der Waals surface area (Å²) in [7, 11) is 1.17. The van der Waals surface area contributed by atoms with Crippen molar-refractivity contribution in [2.75, 3.05) is 25.1 Å². The van der Waals surface area contributed by atoms with Crippen LogP contribution in [0, 0.1) is 10.1 Å². The molecule has 1 aliphatic heterocycles. The van der Waals surface area contributed by atoms with E-state index in [4.69, 9.17) is 0 Å². The van der Waals surface area contributed by atoms with E-state index in [-0.39, 0.29) is 23.5 Å². The van der Waals surface area contributed by atoms with Crippen LogP contribution in [0.5, 0.6) is 0 Å². The van der Waals surface area contributed by atoms with Crippen molar-refractivity contribution in [3.05, 3.63) is 33.9 Å². The number of carboxylic acids is 1. The largest absolute Gasteiger partial charge is 0.480 e. The van der Waals surface area contributed by atoms with Gasteiger partial charge in [0.25, 0.3) is 11.6 Å². The van der Waals surface area contributed by atoms with E-state index in [0.717, 1.165) is 6.07 Å². The lowest BCUT2D eigenvalue weighted by molar-refractivity contribution is -0.384. The van der Waals surface area contributed by atoms with Crippen LogP contribution in [0.2, 0.25) is 0 Å². The van der Waals surface area contributed by atoms with Crippen LogP contribution in [0.25, 0.3) is 0 Å². The Morgan fingerprint density at radius 3 is 2.76 bits per heavy atom. The minimum absolute atomic E-state index is 0.00887. The molecule has 10 nitrogen and oxygen atoms in total. The number of carbonyl (C=O) groups is 3. The number of hydrogen-bond donors (Lipinski definition) is 2. The quantitative estimate of drug-likeness (QED) is 0.430. The maximum Gasteiger partial charge on any atom is 0.326 e. The average Bonchev–Trinajstić information content (AvgIpc) is 3.08. The van der Waals surface area contributed by atoms with E-state index >= 15 is 0 Å². The van der Waals surface area contributed by atoms with Crippen LogP contribution in [-0.4, -0.2) is 54.1 Å². The monoisotopic (exact) mass is 351 g/mol. The molecule has 0 aliphatic carbocycles. The molecule has 2 N–H and O–H groups in total. The number of carbonyl (C=O) groups excluding carboxylic acids is 2. The highest BCUT2D eigenvalue weighted by Crippen LogP contribution is 2.34. The van der Waals surface area contributed by atoms with Gasteiger partial charge in [0, 0.05) is 18.2 Å². The molecule has 2 rings (SSSR count). The number of nitro groups is 1. The zero-order chi connectivity index (χ0) is 18.6. The summed E-state index contributed by atoms with van der Waals surface area (Å²) < 4.78 is 4.40. The van der Waals surface area contributed by atoms with Gasteiger partial charge in [-0.05, 0) is 25.0 Å². The highest BCUT2D eigenvalue weighted by Gasteiger charge is 2.34. The lowest BCUT2D eigenvalue weighted by Gasteiger charge is -2.23. The van der Waals surface area contributed by atoms with Crippen LogP contribution in [-0.2, 0) is 14.3 Å². The Morgan fingerprint density at radius 2 is 2.16 bits per heavy atom.